The van der Waals surface area contributed by atoms with E-state index < -0.39 is 10.0 Å². The molecule has 1 heterocycles. The summed E-state index contributed by atoms with van der Waals surface area (Å²) in [5.74, 6) is 0.646. The van der Waals surface area contributed by atoms with Crippen LogP contribution >= 0.6 is 11.6 Å². The van der Waals surface area contributed by atoms with Crippen LogP contribution in [-0.4, -0.2) is 44.9 Å². The minimum absolute atomic E-state index is 0.0264. The van der Waals surface area contributed by atoms with E-state index in [-0.39, 0.29) is 21.4 Å². The standard InChI is InChI=1S/C21H25ClN2O4S/c1-16-6-5-12-24(15-16)29(26,27)20-14-17(9-10-19(20)22)21(25)23-11-13-28-18-7-3-2-4-8-18/h2-4,7-10,14,16H,5-6,11-13,15H2,1H3,(H,23,25). The van der Waals surface area contributed by atoms with Crippen molar-refractivity contribution in [2.24, 2.45) is 5.92 Å². The first kappa shape index (κ1) is 21.6. The fraction of sp³-hybridized carbons (Fsp3) is 0.381. The summed E-state index contributed by atoms with van der Waals surface area (Å²) in [7, 11) is -3.75. The SMILES string of the molecule is CC1CCCN(S(=O)(=O)c2cc(C(=O)NCCOc3ccccc3)ccc2Cl)C1. The molecule has 1 aliphatic heterocycles. The predicted octanol–water partition coefficient (Wildman–Crippen LogP) is 3.57. The van der Waals surface area contributed by atoms with Gasteiger partial charge in [0.05, 0.1) is 11.6 Å². The maximum Gasteiger partial charge on any atom is 0.251 e. The molecule has 0 radical (unpaired) electrons. The second-order valence-electron chi connectivity index (χ2n) is 7.17. The van der Waals surface area contributed by atoms with Crippen LogP contribution in [0.2, 0.25) is 5.02 Å². The average molecular weight is 437 g/mol. The van der Waals surface area contributed by atoms with Crippen LogP contribution in [0.5, 0.6) is 5.75 Å². The number of benzene rings is 2. The van der Waals surface area contributed by atoms with Crippen LogP contribution in [0.3, 0.4) is 0 Å². The van der Waals surface area contributed by atoms with Crippen LogP contribution in [0.25, 0.3) is 0 Å². The zero-order chi connectivity index (χ0) is 20.9. The summed E-state index contributed by atoms with van der Waals surface area (Å²) in [5, 5.41) is 2.86. The van der Waals surface area contributed by atoms with Crippen molar-refractivity contribution in [3.05, 3.63) is 59.1 Å². The number of ether oxygens (including phenoxy) is 1. The van der Waals surface area contributed by atoms with Crippen molar-refractivity contribution in [1.29, 1.82) is 0 Å². The fourth-order valence-electron chi connectivity index (χ4n) is 3.30. The summed E-state index contributed by atoms with van der Waals surface area (Å²) in [4.78, 5) is 12.4. The third-order valence-electron chi connectivity index (χ3n) is 4.83. The van der Waals surface area contributed by atoms with Gasteiger partial charge in [0.25, 0.3) is 5.91 Å². The van der Waals surface area contributed by atoms with Gasteiger partial charge in [0.15, 0.2) is 0 Å². The number of halogens is 1. The van der Waals surface area contributed by atoms with Crippen LogP contribution in [0.15, 0.2) is 53.4 Å². The van der Waals surface area contributed by atoms with Crippen molar-refractivity contribution < 1.29 is 17.9 Å². The van der Waals surface area contributed by atoms with E-state index in [2.05, 4.69) is 5.32 Å². The molecule has 1 fully saturated rings. The van der Waals surface area contributed by atoms with Gasteiger partial charge < -0.3 is 10.1 Å². The highest BCUT2D eigenvalue weighted by Crippen LogP contribution is 2.29. The van der Waals surface area contributed by atoms with Crippen LogP contribution in [-0.2, 0) is 10.0 Å². The molecule has 2 aromatic carbocycles. The monoisotopic (exact) mass is 436 g/mol. The number of carbonyl (C=O) groups excluding carboxylic acids is 1. The van der Waals surface area contributed by atoms with E-state index in [0.29, 0.717) is 32.2 Å². The molecule has 1 atom stereocenters. The molecule has 0 spiro atoms. The number of hydrogen-bond donors (Lipinski definition) is 1. The Bertz CT molecular complexity index is 950. The Morgan fingerprint density at radius 3 is 2.72 bits per heavy atom. The molecule has 6 nitrogen and oxygen atoms in total. The average Bonchev–Trinajstić information content (AvgIpc) is 2.72. The number of sulfonamides is 1. The lowest BCUT2D eigenvalue weighted by molar-refractivity contribution is 0.0947. The molecule has 8 heteroatoms. The Labute approximate surface area is 176 Å². The Morgan fingerprint density at radius 1 is 1.24 bits per heavy atom. The van der Waals surface area contributed by atoms with Crippen molar-refractivity contribution >= 4 is 27.5 Å². The molecule has 0 saturated carbocycles. The van der Waals surface area contributed by atoms with E-state index >= 15 is 0 Å². The number of para-hydroxylation sites is 1. The van der Waals surface area contributed by atoms with E-state index in [4.69, 9.17) is 16.3 Å². The van der Waals surface area contributed by atoms with Gasteiger partial charge in [-0.15, -0.1) is 0 Å². The van der Waals surface area contributed by atoms with Crippen molar-refractivity contribution in [2.45, 2.75) is 24.7 Å². The molecule has 0 aliphatic carbocycles. The van der Waals surface area contributed by atoms with Gasteiger partial charge in [0.1, 0.15) is 17.3 Å². The van der Waals surface area contributed by atoms with Gasteiger partial charge >= 0.3 is 0 Å². The van der Waals surface area contributed by atoms with Crippen molar-refractivity contribution in [3.8, 4) is 5.75 Å². The quantitative estimate of drug-likeness (QED) is 0.673. The number of carbonyl (C=O) groups is 1. The van der Waals surface area contributed by atoms with E-state index in [1.807, 2.05) is 37.3 Å². The minimum Gasteiger partial charge on any atom is -0.492 e. The zero-order valence-electron chi connectivity index (χ0n) is 16.3. The second-order valence-corrected chi connectivity index (χ2v) is 9.49. The summed E-state index contributed by atoms with van der Waals surface area (Å²) < 4.78 is 33.1. The maximum absolute atomic E-state index is 13.0. The first-order valence-corrected chi connectivity index (χ1v) is 11.5. The van der Waals surface area contributed by atoms with E-state index in [1.165, 1.54) is 22.5 Å². The predicted molar refractivity (Wildman–Crippen MR) is 113 cm³/mol. The Kier molecular flexibility index (Phi) is 7.16. The number of nitrogens with one attached hydrogen (secondary N) is 1. The molecule has 1 unspecified atom stereocenters. The molecular formula is C21H25ClN2O4S. The van der Waals surface area contributed by atoms with Crippen LogP contribution in [0.1, 0.15) is 30.1 Å². The summed E-state index contributed by atoms with van der Waals surface area (Å²) in [6, 6.07) is 13.6. The highest BCUT2D eigenvalue weighted by atomic mass is 35.5. The van der Waals surface area contributed by atoms with Gasteiger partial charge in [-0.25, -0.2) is 8.42 Å². The molecular weight excluding hydrogens is 412 g/mol. The largest absolute Gasteiger partial charge is 0.492 e. The summed E-state index contributed by atoms with van der Waals surface area (Å²) in [5.41, 5.74) is 0.248. The number of hydrogen-bond acceptors (Lipinski definition) is 4. The zero-order valence-corrected chi connectivity index (χ0v) is 17.9. The lowest BCUT2D eigenvalue weighted by atomic mass is 10.0. The highest BCUT2D eigenvalue weighted by molar-refractivity contribution is 7.89. The topological polar surface area (TPSA) is 75.7 Å². The first-order valence-electron chi connectivity index (χ1n) is 9.63. The molecule has 156 valence electrons. The van der Waals surface area contributed by atoms with Gasteiger partial charge in [0.2, 0.25) is 10.0 Å². The van der Waals surface area contributed by atoms with Crippen molar-refractivity contribution in [1.82, 2.24) is 9.62 Å². The van der Waals surface area contributed by atoms with Gasteiger partial charge in [0, 0.05) is 18.7 Å². The fourth-order valence-corrected chi connectivity index (χ4v) is 5.40. The minimum atomic E-state index is -3.75. The lowest BCUT2D eigenvalue weighted by Crippen LogP contribution is -2.39. The summed E-state index contributed by atoms with van der Waals surface area (Å²) >= 11 is 6.18. The molecule has 1 aliphatic rings. The third kappa shape index (κ3) is 5.50. The van der Waals surface area contributed by atoms with Gasteiger partial charge in [-0.1, -0.05) is 36.7 Å². The summed E-state index contributed by atoms with van der Waals surface area (Å²) in [6.07, 6.45) is 1.83. The molecule has 0 bridgehead atoms. The Balaban J connectivity index is 1.65. The highest BCUT2D eigenvalue weighted by Gasteiger charge is 2.30. The van der Waals surface area contributed by atoms with Gasteiger partial charge in [-0.2, -0.15) is 4.31 Å². The van der Waals surface area contributed by atoms with Crippen LogP contribution in [0, 0.1) is 5.92 Å². The first-order chi connectivity index (χ1) is 13.9. The maximum atomic E-state index is 13.0. The van der Waals surface area contributed by atoms with Crippen molar-refractivity contribution in [3.63, 3.8) is 0 Å². The number of piperidine rings is 1. The van der Waals surface area contributed by atoms with Gasteiger partial charge in [-0.05, 0) is 49.1 Å². The molecule has 1 saturated heterocycles. The smallest absolute Gasteiger partial charge is 0.251 e. The van der Waals surface area contributed by atoms with E-state index in [9.17, 15) is 13.2 Å². The Hall–Kier alpha value is -2.09. The Morgan fingerprint density at radius 2 is 2.00 bits per heavy atom. The molecule has 3 rings (SSSR count). The summed E-state index contributed by atoms with van der Waals surface area (Å²) in [6.45, 7) is 3.56. The lowest BCUT2D eigenvalue weighted by Gasteiger charge is -2.30. The van der Waals surface area contributed by atoms with Crippen LogP contribution < -0.4 is 10.1 Å². The molecule has 1 N–H and O–H groups in total. The van der Waals surface area contributed by atoms with Gasteiger partial charge in [-0.3, -0.25) is 4.79 Å². The van der Waals surface area contributed by atoms with Crippen molar-refractivity contribution in [2.75, 3.05) is 26.2 Å². The van der Waals surface area contributed by atoms with Crippen LogP contribution in [0.4, 0.5) is 0 Å². The number of nitrogens with zero attached hydrogens (tertiary/aromatic N) is 1. The normalized spacial score (nSPS) is 17.7. The third-order valence-corrected chi connectivity index (χ3v) is 7.18. The van der Waals surface area contributed by atoms with E-state index in [0.717, 1.165) is 18.6 Å². The second kappa shape index (κ2) is 9.61. The number of rotatable bonds is 7. The molecule has 1 amide bonds. The molecule has 2 aromatic rings. The van der Waals surface area contributed by atoms with E-state index in [1.54, 1.807) is 0 Å². The molecule has 0 aromatic heterocycles. The molecule has 29 heavy (non-hydrogen) atoms. The number of amides is 1.